The van der Waals surface area contributed by atoms with Gasteiger partial charge in [-0.15, -0.1) is 11.8 Å². The molecule has 1 aliphatic heterocycles. The van der Waals surface area contributed by atoms with Gasteiger partial charge >= 0.3 is 0 Å². The van der Waals surface area contributed by atoms with Gasteiger partial charge in [-0.2, -0.15) is 0 Å². The Hall–Kier alpha value is -2.01. The summed E-state index contributed by atoms with van der Waals surface area (Å²) in [6.45, 7) is 2.90. The van der Waals surface area contributed by atoms with Crippen LogP contribution in [0, 0.1) is 5.92 Å². The Labute approximate surface area is 154 Å². The van der Waals surface area contributed by atoms with Crippen LogP contribution in [0.3, 0.4) is 0 Å². The van der Waals surface area contributed by atoms with Gasteiger partial charge in [0, 0.05) is 43.5 Å². The Morgan fingerprint density at radius 3 is 2.56 bits per heavy atom. The van der Waals surface area contributed by atoms with Crippen molar-refractivity contribution in [3.8, 4) is 0 Å². The van der Waals surface area contributed by atoms with Crippen LogP contribution < -0.4 is 10.2 Å². The van der Waals surface area contributed by atoms with Gasteiger partial charge in [0.15, 0.2) is 0 Å². The number of nitrogens with one attached hydrogen (secondary N) is 1. The summed E-state index contributed by atoms with van der Waals surface area (Å²) in [5.41, 5.74) is 2.51. The molecular formula is C20H25N3OS. The smallest absolute Gasteiger partial charge is 0.230 e. The summed E-state index contributed by atoms with van der Waals surface area (Å²) in [6.07, 6.45) is 5.93. The van der Waals surface area contributed by atoms with Gasteiger partial charge in [-0.05, 0) is 36.5 Å². The first-order valence-corrected chi connectivity index (χ1v) is 10.00. The molecule has 1 aliphatic rings. The zero-order valence-corrected chi connectivity index (χ0v) is 15.3. The number of nitrogens with zero attached hydrogens (tertiary/aromatic N) is 2. The summed E-state index contributed by atoms with van der Waals surface area (Å²) in [6, 6.07) is 14.4. The summed E-state index contributed by atoms with van der Waals surface area (Å²) < 4.78 is 0. The van der Waals surface area contributed by atoms with Crippen LogP contribution in [0.5, 0.6) is 0 Å². The lowest BCUT2D eigenvalue weighted by atomic mass is 9.96. The van der Waals surface area contributed by atoms with E-state index in [1.165, 1.54) is 11.3 Å². The van der Waals surface area contributed by atoms with Crippen molar-refractivity contribution in [2.24, 2.45) is 5.92 Å². The van der Waals surface area contributed by atoms with E-state index in [2.05, 4.69) is 39.5 Å². The molecule has 0 radical (unpaired) electrons. The summed E-state index contributed by atoms with van der Waals surface area (Å²) in [4.78, 5) is 18.5. The molecule has 1 aromatic carbocycles. The average Bonchev–Trinajstić information content (AvgIpc) is 2.68. The SMILES string of the molecule is O=C(CSCc1ccccc1)NCC1CCN(c2ccncc2)CC1. The number of amides is 1. The van der Waals surface area contributed by atoms with Crippen LogP contribution in [-0.2, 0) is 10.5 Å². The fraction of sp³-hybridized carbons (Fsp3) is 0.400. The summed E-state index contributed by atoms with van der Waals surface area (Å²) in [5.74, 6) is 2.15. The standard InChI is InChI=1S/C20H25N3OS/c24-20(16-25-15-18-4-2-1-3-5-18)22-14-17-8-12-23(13-9-17)19-6-10-21-11-7-19/h1-7,10-11,17H,8-9,12-16H2,(H,22,24). The minimum Gasteiger partial charge on any atom is -0.371 e. The zero-order valence-electron chi connectivity index (χ0n) is 14.4. The van der Waals surface area contributed by atoms with E-state index in [0.29, 0.717) is 11.7 Å². The van der Waals surface area contributed by atoms with E-state index >= 15 is 0 Å². The first kappa shape index (κ1) is 17.8. The summed E-state index contributed by atoms with van der Waals surface area (Å²) in [7, 11) is 0. The fourth-order valence-electron chi connectivity index (χ4n) is 3.10. The van der Waals surface area contributed by atoms with Crippen molar-refractivity contribution in [1.82, 2.24) is 10.3 Å². The first-order valence-electron chi connectivity index (χ1n) is 8.84. The number of thioether (sulfide) groups is 1. The molecule has 2 aromatic rings. The average molecular weight is 356 g/mol. The highest BCUT2D eigenvalue weighted by molar-refractivity contribution is 7.99. The Kier molecular flexibility index (Phi) is 6.74. The van der Waals surface area contributed by atoms with Gasteiger partial charge in [0.2, 0.25) is 5.91 Å². The van der Waals surface area contributed by atoms with Crippen LogP contribution in [0.1, 0.15) is 18.4 Å². The van der Waals surface area contributed by atoms with Crippen molar-refractivity contribution >= 4 is 23.4 Å². The first-order chi connectivity index (χ1) is 12.3. The molecule has 0 unspecified atom stereocenters. The molecule has 4 nitrogen and oxygen atoms in total. The number of hydrogen-bond acceptors (Lipinski definition) is 4. The van der Waals surface area contributed by atoms with Gasteiger partial charge in [-0.1, -0.05) is 30.3 Å². The van der Waals surface area contributed by atoms with Crippen molar-refractivity contribution in [1.29, 1.82) is 0 Å². The van der Waals surface area contributed by atoms with Gasteiger partial charge in [0.05, 0.1) is 5.75 Å². The van der Waals surface area contributed by atoms with Crippen molar-refractivity contribution in [2.75, 3.05) is 30.3 Å². The van der Waals surface area contributed by atoms with Crippen molar-refractivity contribution in [3.05, 3.63) is 60.4 Å². The topological polar surface area (TPSA) is 45.2 Å². The Morgan fingerprint density at radius 2 is 1.84 bits per heavy atom. The third kappa shape index (κ3) is 5.78. The molecular weight excluding hydrogens is 330 g/mol. The molecule has 0 atom stereocenters. The highest BCUT2D eigenvalue weighted by atomic mass is 32.2. The Morgan fingerprint density at radius 1 is 1.12 bits per heavy atom. The number of pyridine rings is 1. The van der Waals surface area contributed by atoms with E-state index < -0.39 is 0 Å². The predicted octanol–water partition coefficient (Wildman–Crippen LogP) is 3.35. The van der Waals surface area contributed by atoms with Crippen LogP contribution in [0.4, 0.5) is 5.69 Å². The lowest BCUT2D eigenvalue weighted by molar-refractivity contribution is -0.118. The molecule has 25 heavy (non-hydrogen) atoms. The second kappa shape index (κ2) is 9.47. The normalized spacial score (nSPS) is 15.1. The molecule has 0 aliphatic carbocycles. The highest BCUT2D eigenvalue weighted by Gasteiger charge is 2.19. The second-order valence-electron chi connectivity index (χ2n) is 6.42. The van der Waals surface area contributed by atoms with Gasteiger partial charge in [-0.25, -0.2) is 0 Å². The highest BCUT2D eigenvalue weighted by Crippen LogP contribution is 2.22. The maximum absolute atomic E-state index is 12.0. The fourth-order valence-corrected chi connectivity index (χ4v) is 3.91. The van der Waals surface area contributed by atoms with Crippen LogP contribution in [0.2, 0.25) is 0 Å². The van der Waals surface area contributed by atoms with Crippen LogP contribution in [-0.4, -0.2) is 36.3 Å². The molecule has 1 saturated heterocycles. The lowest BCUT2D eigenvalue weighted by Crippen LogP contribution is -2.39. The number of hydrogen-bond donors (Lipinski definition) is 1. The largest absolute Gasteiger partial charge is 0.371 e. The minimum atomic E-state index is 0.150. The molecule has 5 heteroatoms. The van der Waals surface area contributed by atoms with Gasteiger partial charge < -0.3 is 10.2 Å². The lowest BCUT2D eigenvalue weighted by Gasteiger charge is -2.33. The van der Waals surface area contributed by atoms with Crippen LogP contribution >= 0.6 is 11.8 Å². The second-order valence-corrected chi connectivity index (χ2v) is 7.40. The van der Waals surface area contributed by atoms with Gasteiger partial charge in [-0.3, -0.25) is 9.78 Å². The number of carbonyl (C=O) groups is 1. The molecule has 1 N–H and O–H groups in total. The number of benzene rings is 1. The molecule has 1 aromatic heterocycles. The number of piperidine rings is 1. The zero-order chi connectivity index (χ0) is 17.3. The van der Waals surface area contributed by atoms with Crippen molar-refractivity contribution < 1.29 is 4.79 Å². The summed E-state index contributed by atoms with van der Waals surface area (Å²) >= 11 is 1.67. The van der Waals surface area contributed by atoms with E-state index in [0.717, 1.165) is 38.2 Å². The molecule has 132 valence electrons. The third-order valence-corrected chi connectivity index (χ3v) is 5.58. The third-order valence-electron chi connectivity index (χ3n) is 4.58. The Balaban J connectivity index is 1.31. The van der Waals surface area contributed by atoms with Crippen molar-refractivity contribution in [2.45, 2.75) is 18.6 Å². The quantitative estimate of drug-likeness (QED) is 0.827. The molecule has 3 rings (SSSR count). The number of anilines is 1. The molecule has 0 bridgehead atoms. The van der Waals surface area contributed by atoms with E-state index in [9.17, 15) is 4.79 Å². The maximum atomic E-state index is 12.0. The number of carbonyl (C=O) groups excluding carboxylic acids is 1. The molecule has 0 spiro atoms. The maximum Gasteiger partial charge on any atom is 0.230 e. The molecule has 2 heterocycles. The van der Waals surface area contributed by atoms with Crippen LogP contribution in [0.25, 0.3) is 0 Å². The monoisotopic (exact) mass is 355 g/mol. The van der Waals surface area contributed by atoms with Crippen LogP contribution in [0.15, 0.2) is 54.9 Å². The molecule has 0 saturated carbocycles. The van der Waals surface area contributed by atoms with E-state index in [1.807, 2.05) is 30.6 Å². The molecule has 1 fully saturated rings. The summed E-state index contributed by atoms with van der Waals surface area (Å²) in [5, 5.41) is 3.10. The van der Waals surface area contributed by atoms with Gasteiger partial charge in [0.25, 0.3) is 0 Å². The van der Waals surface area contributed by atoms with Crippen molar-refractivity contribution in [3.63, 3.8) is 0 Å². The minimum absolute atomic E-state index is 0.150. The number of rotatable bonds is 7. The van der Waals surface area contributed by atoms with E-state index in [4.69, 9.17) is 0 Å². The Bertz CT molecular complexity index is 643. The van der Waals surface area contributed by atoms with Gasteiger partial charge in [0.1, 0.15) is 0 Å². The molecule has 1 amide bonds. The van der Waals surface area contributed by atoms with E-state index in [-0.39, 0.29) is 5.91 Å². The van der Waals surface area contributed by atoms with E-state index in [1.54, 1.807) is 11.8 Å². The predicted molar refractivity (Wildman–Crippen MR) is 105 cm³/mol. The number of aromatic nitrogens is 1.